The summed E-state index contributed by atoms with van der Waals surface area (Å²) in [6.45, 7) is 13.4. The average molecular weight is 367 g/mol. The van der Waals surface area contributed by atoms with Crippen LogP contribution in [0.15, 0.2) is 24.3 Å². The Bertz CT molecular complexity index is 524. The Morgan fingerprint density at radius 3 is 2.04 bits per heavy atom. The lowest BCUT2D eigenvalue weighted by Gasteiger charge is -2.33. The highest BCUT2D eigenvalue weighted by Gasteiger charge is 2.27. The standard InChI is InChI=1S/C22H40NO3/c1-21(2,3)17-22(4,5)18-9-11-20(12-10-18)26-14-13-25-16-19(24)15-23(6,7)8/h9-12,19,24H,13-17H2,1-8H3/q+1. The van der Waals surface area contributed by atoms with Crippen LogP contribution in [0.4, 0.5) is 0 Å². The molecule has 1 rings (SSSR count). The Morgan fingerprint density at radius 2 is 1.54 bits per heavy atom. The van der Waals surface area contributed by atoms with Gasteiger partial charge < -0.3 is 19.1 Å². The smallest absolute Gasteiger partial charge is 0.126 e. The minimum absolute atomic E-state index is 0.140. The first-order valence-electron chi connectivity index (χ1n) is 9.58. The number of rotatable bonds is 10. The molecule has 1 aromatic rings. The second kappa shape index (κ2) is 9.20. The van der Waals surface area contributed by atoms with Gasteiger partial charge in [-0.3, -0.25) is 0 Å². The lowest BCUT2D eigenvalue weighted by Crippen LogP contribution is -2.43. The molecular weight excluding hydrogens is 326 g/mol. The largest absolute Gasteiger partial charge is 0.491 e. The molecule has 0 saturated carbocycles. The van der Waals surface area contributed by atoms with Crippen molar-refractivity contribution in [2.75, 3.05) is 47.5 Å². The molecule has 0 radical (unpaired) electrons. The molecule has 150 valence electrons. The molecule has 0 aliphatic carbocycles. The van der Waals surface area contributed by atoms with Crippen molar-refractivity contribution in [2.24, 2.45) is 5.41 Å². The molecule has 0 fully saturated rings. The molecule has 0 saturated heterocycles. The third-order valence-electron chi connectivity index (χ3n) is 4.17. The Morgan fingerprint density at radius 1 is 0.962 bits per heavy atom. The molecule has 0 bridgehead atoms. The van der Waals surface area contributed by atoms with Crippen molar-refractivity contribution in [1.29, 1.82) is 0 Å². The molecule has 4 nitrogen and oxygen atoms in total. The van der Waals surface area contributed by atoms with Gasteiger partial charge in [0.05, 0.1) is 34.4 Å². The van der Waals surface area contributed by atoms with E-state index in [-0.39, 0.29) is 5.41 Å². The summed E-state index contributed by atoms with van der Waals surface area (Å²) in [6.07, 6.45) is 0.684. The summed E-state index contributed by atoms with van der Waals surface area (Å²) < 4.78 is 12.0. The Kier molecular flexibility index (Phi) is 8.12. The average Bonchev–Trinajstić information content (AvgIpc) is 2.43. The lowest BCUT2D eigenvalue weighted by atomic mass is 9.72. The van der Waals surface area contributed by atoms with Crippen LogP contribution in [0, 0.1) is 5.41 Å². The molecule has 4 heteroatoms. The molecule has 1 unspecified atom stereocenters. The molecule has 0 aromatic heterocycles. The summed E-state index contributed by atoms with van der Waals surface area (Å²) in [5.74, 6) is 0.857. The van der Waals surface area contributed by atoms with E-state index in [2.05, 4.69) is 67.9 Å². The van der Waals surface area contributed by atoms with E-state index in [0.29, 0.717) is 31.8 Å². The minimum atomic E-state index is -0.445. The summed E-state index contributed by atoms with van der Waals surface area (Å²) in [5.41, 5.74) is 1.77. The topological polar surface area (TPSA) is 38.7 Å². The van der Waals surface area contributed by atoms with Crippen LogP contribution in [-0.2, 0) is 10.2 Å². The van der Waals surface area contributed by atoms with E-state index in [1.807, 2.05) is 12.1 Å². The number of likely N-dealkylation sites (N-methyl/N-ethyl adjacent to an activating group) is 1. The molecule has 0 spiro atoms. The second-order valence-electron chi connectivity index (χ2n) is 10.2. The van der Waals surface area contributed by atoms with Crippen LogP contribution >= 0.6 is 0 Å². The molecule has 0 aliphatic heterocycles. The van der Waals surface area contributed by atoms with E-state index < -0.39 is 6.10 Å². The monoisotopic (exact) mass is 366 g/mol. The number of aliphatic hydroxyl groups is 1. The highest BCUT2D eigenvalue weighted by atomic mass is 16.5. The summed E-state index contributed by atoms with van der Waals surface area (Å²) in [5, 5.41) is 9.91. The summed E-state index contributed by atoms with van der Waals surface area (Å²) in [4.78, 5) is 0. The maximum Gasteiger partial charge on any atom is 0.126 e. The molecule has 1 aromatic carbocycles. The Labute approximate surface area is 160 Å². The Balaban J connectivity index is 2.37. The van der Waals surface area contributed by atoms with E-state index in [1.165, 1.54) is 5.56 Å². The third-order valence-corrected chi connectivity index (χ3v) is 4.17. The molecular formula is C22H40NO3+. The number of aliphatic hydroxyl groups excluding tert-OH is 1. The summed E-state index contributed by atoms with van der Waals surface area (Å²) >= 11 is 0. The minimum Gasteiger partial charge on any atom is -0.491 e. The van der Waals surface area contributed by atoms with Gasteiger partial charge in [-0.05, 0) is 34.9 Å². The quantitative estimate of drug-likeness (QED) is 0.505. The van der Waals surface area contributed by atoms with Crippen molar-refractivity contribution in [3.05, 3.63) is 29.8 Å². The van der Waals surface area contributed by atoms with Crippen LogP contribution in [0.1, 0.15) is 46.6 Å². The first kappa shape index (κ1) is 22.9. The van der Waals surface area contributed by atoms with Crippen LogP contribution in [0.2, 0.25) is 0 Å². The zero-order chi connectivity index (χ0) is 20.0. The summed E-state index contributed by atoms with van der Waals surface area (Å²) in [6, 6.07) is 8.39. The van der Waals surface area contributed by atoms with Crippen LogP contribution < -0.4 is 4.74 Å². The Hall–Kier alpha value is -1.10. The number of nitrogens with zero attached hydrogens (tertiary/aromatic N) is 1. The van der Waals surface area contributed by atoms with Gasteiger partial charge >= 0.3 is 0 Å². The molecule has 26 heavy (non-hydrogen) atoms. The van der Waals surface area contributed by atoms with Gasteiger partial charge in [0.2, 0.25) is 0 Å². The highest BCUT2D eigenvalue weighted by Crippen LogP contribution is 2.36. The normalized spacial score (nSPS) is 14.3. The zero-order valence-corrected chi connectivity index (χ0v) is 18.1. The van der Waals surface area contributed by atoms with Crippen LogP contribution in [0.5, 0.6) is 5.75 Å². The van der Waals surface area contributed by atoms with Gasteiger partial charge in [-0.1, -0.05) is 46.8 Å². The summed E-state index contributed by atoms with van der Waals surface area (Å²) in [7, 11) is 6.16. The zero-order valence-electron chi connectivity index (χ0n) is 18.1. The van der Waals surface area contributed by atoms with Gasteiger partial charge in [0.1, 0.15) is 25.0 Å². The van der Waals surface area contributed by atoms with Gasteiger partial charge in [-0.25, -0.2) is 0 Å². The number of benzene rings is 1. The van der Waals surface area contributed by atoms with E-state index in [0.717, 1.165) is 16.7 Å². The van der Waals surface area contributed by atoms with Crippen LogP contribution in [-0.4, -0.2) is 63.2 Å². The second-order valence-corrected chi connectivity index (χ2v) is 10.2. The van der Waals surface area contributed by atoms with Crippen LogP contribution in [0.3, 0.4) is 0 Å². The van der Waals surface area contributed by atoms with Crippen molar-refractivity contribution >= 4 is 0 Å². The fourth-order valence-electron chi connectivity index (χ4n) is 3.55. The van der Waals surface area contributed by atoms with Gasteiger partial charge in [-0.2, -0.15) is 0 Å². The fourth-order valence-corrected chi connectivity index (χ4v) is 3.55. The highest BCUT2D eigenvalue weighted by molar-refractivity contribution is 5.31. The predicted molar refractivity (Wildman–Crippen MR) is 109 cm³/mol. The molecule has 0 heterocycles. The van der Waals surface area contributed by atoms with E-state index in [4.69, 9.17) is 9.47 Å². The third kappa shape index (κ3) is 9.56. The van der Waals surface area contributed by atoms with Crippen molar-refractivity contribution < 1.29 is 19.1 Å². The first-order chi connectivity index (χ1) is 11.8. The SMILES string of the molecule is CC(C)(C)CC(C)(C)c1ccc(OCCOCC(O)C[N+](C)(C)C)cc1. The van der Waals surface area contributed by atoms with Crippen LogP contribution in [0.25, 0.3) is 0 Å². The number of hydrogen-bond donors (Lipinski definition) is 1. The number of hydrogen-bond acceptors (Lipinski definition) is 3. The van der Waals surface area contributed by atoms with Gasteiger partial charge in [0.25, 0.3) is 0 Å². The van der Waals surface area contributed by atoms with E-state index in [1.54, 1.807) is 0 Å². The molecule has 1 atom stereocenters. The van der Waals surface area contributed by atoms with Gasteiger partial charge in [0.15, 0.2) is 0 Å². The van der Waals surface area contributed by atoms with Gasteiger partial charge in [-0.15, -0.1) is 0 Å². The maximum atomic E-state index is 9.91. The van der Waals surface area contributed by atoms with Gasteiger partial charge in [0, 0.05) is 0 Å². The van der Waals surface area contributed by atoms with Crippen molar-refractivity contribution in [2.45, 2.75) is 52.6 Å². The number of ether oxygens (including phenoxy) is 2. The maximum absolute atomic E-state index is 9.91. The van der Waals surface area contributed by atoms with Crippen molar-refractivity contribution in [3.63, 3.8) is 0 Å². The van der Waals surface area contributed by atoms with E-state index >= 15 is 0 Å². The number of quaternary nitrogens is 1. The predicted octanol–water partition coefficient (Wildman–Crippen LogP) is 3.86. The van der Waals surface area contributed by atoms with E-state index in [9.17, 15) is 5.11 Å². The molecule has 0 aliphatic rings. The first-order valence-corrected chi connectivity index (χ1v) is 9.58. The lowest BCUT2D eigenvalue weighted by molar-refractivity contribution is -0.873. The van der Waals surface area contributed by atoms with Crippen molar-refractivity contribution in [3.8, 4) is 5.75 Å². The van der Waals surface area contributed by atoms with Crippen molar-refractivity contribution in [1.82, 2.24) is 0 Å². The molecule has 0 amide bonds. The fraction of sp³-hybridized carbons (Fsp3) is 0.727. The molecule has 1 N–H and O–H groups in total.